The van der Waals surface area contributed by atoms with Crippen LogP contribution in [0.4, 0.5) is 0 Å². The molecule has 1 rings (SSSR count). The summed E-state index contributed by atoms with van der Waals surface area (Å²) >= 11 is 1.38. The van der Waals surface area contributed by atoms with Gasteiger partial charge in [-0.15, -0.1) is 11.3 Å². The second-order valence-electron chi connectivity index (χ2n) is 2.64. The zero-order valence-electron chi connectivity index (χ0n) is 7.49. The summed E-state index contributed by atoms with van der Waals surface area (Å²) in [6, 6.07) is 3.57. The van der Waals surface area contributed by atoms with Gasteiger partial charge in [0.05, 0.1) is 4.88 Å². The first kappa shape index (κ1) is 9.92. The minimum absolute atomic E-state index is 0.235. The number of rotatable bonds is 3. The minimum atomic E-state index is -0.235. The van der Waals surface area contributed by atoms with Crippen LogP contribution in [-0.4, -0.2) is 11.7 Å². The third-order valence-corrected chi connectivity index (χ3v) is 2.34. The topological polar surface area (TPSA) is 55.4 Å². The van der Waals surface area contributed by atoms with Crippen LogP contribution in [0.2, 0.25) is 0 Å². The fourth-order valence-electron chi connectivity index (χ4n) is 0.898. The third-order valence-electron chi connectivity index (χ3n) is 1.48. The number of carbonyl (C=O) groups excluding carboxylic acids is 1. The second kappa shape index (κ2) is 4.77. The number of hydrogen-bond acceptors (Lipinski definition) is 2. The van der Waals surface area contributed by atoms with Gasteiger partial charge in [0.2, 0.25) is 0 Å². The fourth-order valence-corrected chi connectivity index (χ4v) is 1.51. The molecule has 0 aliphatic heterocycles. The molecule has 13 heavy (non-hydrogen) atoms. The Kier molecular flexibility index (Phi) is 3.64. The van der Waals surface area contributed by atoms with Crippen molar-refractivity contribution in [1.82, 2.24) is 0 Å². The van der Waals surface area contributed by atoms with Crippen LogP contribution in [0.5, 0.6) is 0 Å². The summed E-state index contributed by atoms with van der Waals surface area (Å²) in [4.78, 5) is 15.7. The number of thiophene rings is 1. The van der Waals surface area contributed by atoms with E-state index < -0.39 is 0 Å². The molecule has 1 heterocycles. The molecule has 4 heteroatoms. The predicted octanol–water partition coefficient (Wildman–Crippen LogP) is 2.05. The van der Waals surface area contributed by atoms with Crippen LogP contribution in [-0.2, 0) is 0 Å². The van der Waals surface area contributed by atoms with E-state index in [1.54, 1.807) is 6.07 Å². The van der Waals surface area contributed by atoms with Crippen molar-refractivity contribution < 1.29 is 4.79 Å². The standard InChI is InChI=1S/C9H12N2OS/c1-2-4-8(10)11-9(12)7-5-3-6-13-7/h3,5-6H,2,4H2,1H3,(H2,10,11,12). The zero-order chi connectivity index (χ0) is 9.68. The lowest BCUT2D eigenvalue weighted by atomic mass is 10.3. The van der Waals surface area contributed by atoms with Crippen molar-refractivity contribution in [3.8, 4) is 0 Å². The van der Waals surface area contributed by atoms with E-state index in [0.717, 1.165) is 6.42 Å². The van der Waals surface area contributed by atoms with Gasteiger partial charge >= 0.3 is 0 Å². The summed E-state index contributed by atoms with van der Waals surface area (Å²) in [5.74, 6) is 0.182. The van der Waals surface area contributed by atoms with E-state index in [1.165, 1.54) is 11.3 Å². The molecule has 2 N–H and O–H groups in total. The van der Waals surface area contributed by atoms with E-state index >= 15 is 0 Å². The molecule has 0 unspecified atom stereocenters. The maximum absolute atomic E-state index is 11.3. The Balaban J connectivity index is 2.65. The van der Waals surface area contributed by atoms with E-state index in [4.69, 9.17) is 5.73 Å². The van der Waals surface area contributed by atoms with Crippen LogP contribution in [0.25, 0.3) is 0 Å². The van der Waals surface area contributed by atoms with Gasteiger partial charge in [-0.25, -0.2) is 0 Å². The zero-order valence-corrected chi connectivity index (χ0v) is 8.30. The van der Waals surface area contributed by atoms with Crippen molar-refractivity contribution in [2.45, 2.75) is 19.8 Å². The molecule has 0 saturated carbocycles. The van der Waals surface area contributed by atoms with Gasteiger partial charge in [-0.3, -0.25) is 4.79 Å². The molecule has 0 spiro atoms. The summed E-state index contributed by atoms with van der Waals surface area (Å²) in [5.41, 5.74) is 5.53. The smallest absolute Gasteiger partial charge is 0.288 e. The average Bonchev–Trinajstić information content (AvgIpc) is 2.55. The van der Waals surface area contributed by atoms with Crippen molar-refractivity contribution in [2.24, 2.45) is 10.7 Å². The van der Waals surface area contributed by atoms with Gasteiger partial charge in [-0.1, -0.05) is 13.0 Å². The van der Waals surface area contributed by atoms with E-state index in [0.29, 0.717) is 17.1 Å². The SMILES string of the molecule is CCCC(N)=NC(=O)c1cccs1. The van der Waals surface area contributed by atoms with Crippen LogP contribution in [0.15, 0.2) is 22.5 Å². The molecule has 1 aromatic rings. The highest BCUT2D eigenvalue weighted by Gasteiger charge is 2.04. The molecular weight excluding hydrogens is 184 g/mol. The van der Waals surface area contributed by atoms with E-state index in [-0.39, 0.29) is 5.91 Å². The Morgan fingerprint density at radius 1 is 1.69 bits per heavy atom. The second-order valence-corrected chi connectivity index (χ2v) is 3.58. The molecule has 0 radical (unpaired) electrons. The summed E-state index contributed by atoms with van der Waals surface area (Å²) in [5, 5.41) is 1.85. The molecule has 3 nitrogen and oxygen atoms in total. The fraction of sp³-hybridized carbons (Fsp3) is 0.333. The number of nitrogens with two attached hydrogens (primary N) is 1. The van der Waals surface area contributed by atoms with Crippen molar-refractivity contribution >= 4 is 23.1 Å². The van der Waals surface area contributed by atoms with Crippen LogP contribution >= 0.6 is 11.3 Å². The lowest BCUT2D eigenvalue weighted by molar-refractivity contribution is 0.101. The molecular formula is C9H12N2OS. The molecule has 70 valence electrons. The largest absolute Gasteiger partial charge is 0.387 e. The Bertz CT molecular complexity index is 303. The third kappa shape index (κ3) is 2.99. The molecule has 0 saturated heterocycles. The number of aliphatic imine (C=N–C) groups is 1. The van der Waals surface area contributed by atoms with E-state index in [9.17, 15) is 4.79 Å². The molecule has 1 amide bonds. The normalized spacial score (nSPS) is 11.6. The van der Waals surface area contributed by atoms with Crippen molar-refractivity contribution in [2.75, 3.05) is 0 Å². The Labute approximate surface area is 81.3 Å². The van der Waals surface area contributed by atoms with Crippen LogP contribution < -0.4 is 5.73 Å². The van der Waals surface area contributed by atoms with Gasteiger partial charge in [-0.05, 0) is 17.9 Å². The van der Waals surface area contributed by atoms with Crippen LogP contribution in [0.1, 0.15) is 29.4 Å². The number of carbonyl (C=O) groups is 1. The van der Waals surface area contributed by atoms with Gasteiger partial charge < -0.3 is 5.73 Å². The van der Waals surface area contributed by atoms with Crippen molar-refractivity contribution in [3.63, 3.8) is 0 Å². The van der Waals surface area contributed by atoms with Gasteiger partial charge in [0, 0.05) is 6.42 Å². The summed E-state index contributed by atoms with van der Waals surface area (Å²) in [6.07, 6.45) is 1.59. The predicted molar refractivity (Wildman–Crippen MR) is 55.2 cm³/mol. The van der Waals surface area contributed by atoms with E-state index in [2.05, 4.69) is 4.99 Å². The highest BCUT2D eigenvalue weighted by Crippen LogP contribution is 2.09. The molecule has 0 bridgehead atoms. The van der Waals surface area contributed by atoms with Gasteiger partial charge in [0.15, 0.2) is 0 Å². The van der Waals surface area contributed by atoms with Crippen molar-refractivity contribution in [3.05, 3.63) is 22.4 Å². The number of hydrogen-bond donors (Lipinski definition) is 1. The quantitative estimate of drug-likeness (QED) is 0.594. The first-order valence-corrected chi connectivity index (χ1v) is 5.03. The average molecular weight is 196 g/mol. The monoisotopic (exact) mass is 196 g/mol. The van der Waals surface area contributed by atoms with Gasteiger partial charge in [0.25, 0.3) is 5.91 Å². The summed E-state index contributed by atoms with van der Waals surface area (Å²) < 4.78 is 0. The molecule has 0 aliphatic carbocycles. The number of amidine groups is 1. The van der Waals surface area contributed by atoms with Crippen LogP contribution in [0, 0.1) is 0 Å². The van der Waals surface area contributed by atoms with E-state index in [1.807, 2.05) is 18.4 Å². The molecule has 0 aliphatic rings. The Hall–Kier alpha value is -1.16. The van der Waals surface area contributed by atoms with Crippen LogP contribution in [0.3, 0.4) is 0 Å². The first-order valence-electron chi connectivity index (χ1n) is 4.15. The first-order chi connectivity index (χ1) is 6.24. The lowest BCUT2D eigenvalue weighted by Crippen LogP contribution is -2.13. The Morgan fingerprint density at radius 3 is 3.00 bits per heavy atom. The maximum Gasteiger partial charge on any atom is 0.288 e. The number of amides is 1. The highest BCUT2D eigenvalue weighted by atomic mass is 32.1. The highest BCUT2D eigenvalue weighted by molar-refractivity contribution is 7.12. The summed E-state index contributed by atoms with van der Waals surface area (Å²) in [7, 11) is 0. The molecule has 0 atom stereocenters. The summed E-state index contributed by atoms with van der Waals surface area (Å²) in [6.45, 7) is 2.00. The number of nitrogens with zero attached hydrogens (tertiary/aromatic N) is 1. The Morgan fingerprint density at radius 2 is 2.46 bits per heavy atom. The van der Waals surface area contributed by atoms with Gasteiger partial charge in [-0.2, -0.15) is 4.99 Å². The van der Waals surface area contributed by atoms with Gasteiger partial charge in [0.1, 0.15) is 5.84 Å². The molecule has 1 aromatic heterocycles. The maximum atomic E-state index is 11.3. The molecule has 0 fully saturated rings. The van der Waals surface area contributed by atoms with Crippen molar-refractivity contribution in [1.29, 1.82) is 0 Å². The molecule has 0 aromatic carbocycles. The lowest BCUT2D eigenvalue weighted by Gasteiger charge is -1.94. The minimum Gasteiger partial charge on any atom is -0.387 e.